The van der Waals surface area contributed by atoms with E-state index in [0.717, 1.165) is 27.7 Å². The second kappa shape index (κ2) is 5.59. The maximum atomic E-state index is 11.5. The SMILES string of the molecule is O=S(=O)([O-])c1cc2c3c(cccc3c1)-c1nc3ccccc3nc1-2.[Na+]. The van der Waals surface area contributed by atoms with E-state index in [1.807, 2.05) is 36.4 Å². The molecule has 1 aliphatic rings. The molecular formula is C18H9N2NaO3S. The summed E-state index contributed by atoms with van der Waals surface area (Å²) in [5.41, 5.74) is 4.39. The van der Waals surface area contributed by atoms with Gasteiger partial charge in [-0.15, -0.1) is 0 Å². The van der Waals surface area contributed by atoms with Crippen LogP contribution in [-0.2, 0) is 10.1 Å². The van der Waals surface area contributed by atoms with Crippen molar-refractivity contribution in [2.75, 3.05) is 0 Å². The van der Waals surface area contributed by atoms with Gasteiger partial charge in [0.1, 0.15) is 10.1 Å². The summed E-state index contributed by atoms with van der Waals surface area (Å²) in [5, 5.41) is 1.58. The molecular weight excluding hydrogens is 347 g/mol. The Kier molecular flexibility index (Phi) is 3.72. The van der Waals surface area contributed by atoms with Crippen molar-refractivity contribution in [3.63, 3.8) is 0 Å². The molecule has 0 unspecified atom stereocenters. The number of rotatable bonds is 1. The zero-order valence-electron chi connectivity index (χ0n) is 13.2. The largest absolute Gasteiger partial charge is 1.00 e. The molecule has 0 saturated carbocycles. The second-order valence-corrected chi connectivity index (χ2v) is 7.12. The molecule has 0 radical (unpaired) electrons. The van der Waals surface area contributed by atoms with Crippen LogP contribution in [0.15, 0.2) is 59.5 Å². The molecule has 0 spiro atoms. The summed E-state index contributed by atoms with van der Waals surface area (Å²) in [4.78, 5) is 9.11. The molecule has 0 fully saturated rings. The van der Waals surface area contributed by atoms with Crippen molar-refractivity contribution in [3.05, 3.63) is 54.6 Å². The maximum Gasteiger partial charge on any atom is 1.00 e. The van der Waals surface area contributed by atoms with Crippen LogP contribution in [0.4, 0.5) is 0 Å². The van der Waals surface area contributed by atoms with E-state index in [1.165, 1.54) is 12.1 Å². The number of nitrogens with zero attached hydrogens (tertiary/aromatic N) is 2. The smallest absolute Gasteiger partial charge is 0.744 e. The molecule has 7 heteroatoms. The van der Waals surface area contributed by atoms with Gasteiger partial charge in [-0.3, -0.25) is 0 Å². The molecule has 0 aliphatic heterocycles. The average molecular weight is 356 g/mol. The van der Waals surface area contributed by atoms with E-state index in [-0.39, 0.29) is 34.5 Å². The van der Waals surface area contributed by atoms with Crippen molar-refractivity contribution in [3.8, 4) is 22.5 Å². The van der Waals surface area contributed by atoms with Crippen molar-refractivity contribution in [1.29, 1.82) is 0 Å². The van der Waals surface area contributed by atoms with Crippen LogP contribution in [0.2, 0.25) is 0 Å². The van der Waals surface area contributed by atoms with Gasteiger partial charge in [0, 0.05) is 16.5 Å². The predicted molar refractivity (Wildman–Crippen MR) is 89.4 cm³/mol. The molecule has 3 aromatic carbocycles. The fraction of sp³-hybridized carbons (Fsp3) is 0. The molecule has 0 N–H and O–H groups in total. The first kappa shape index (κ1) is 16.6. The van der Waals surface area contributed by atoms with Gasteiger partial charge < -0.3 is 4.55 Å². The van der Waals surface area contributed by atoms with Crippen LogP contribution in [0.25, 0.3) is 44.3 Å². The minimum absolute atomic E-state index is 0. The summed E-state index contributed by atoms with van der Waals surface area (Å²) in [6.45, 7) is 0. The van der Waals surface area contributed by atoms with Gasteiger partial charge in [-0.25, -0.2) is 18.4 Å². The Bertz CT molecular complexity index is 1290. The Balaban J connectivity index is 0.00000157. The van der Waals surface area contributed by atoms with Crippen molar-refractivity contribution >= 4 is 31.9 Å². The number of hydrogen-bond acceptors (Lipinski definition) is 5. The molecule has 0 amide bonds. The van der Waals surface area contributed by atoms with Gasteiger partial charge in [0.15, 0.2) is 0 Å². The van der Waals surface area contributed by atoms with Crippen molar-refractivity contribution in [2.45, 2.75) is 4.90 Å². The maximum absolute atomic E-state index is 11.5. The summed E-state index contributed by atoms with van der Waals surface area (Å²) in [7, 11) is -4.55. The number of para-hydroxylation sites is 2. The fourth-order valence-electron chi connectivity index (χ4n) is 3.30. The molecule has 1 heterocycles. The Labute approximate surface area is 165 Å². The van der Waals surface area contributed by atoms with Crippen LogP contribution in [-0.4, -0.2) is 22.9 Å². The molecule has 1 aliphatic carbocycles. The Morgan fingerprint density at radius 3 is 2.08 bits per heavy atom. The molecule has 5 rings (SSSR count). The molecule has 0 bridgehead atoms. The standard InChI is InChI=1S/C18H10N2O3S.Na/c21-24(22,23)11-8-10-4-3-5-12-16(10)13(9-11)18-17(12)19-14-6-1-2-7-15(14)20-18;/h1-9H,(H,21,22,23);/q;+1/p-1. The predicted octanol–water partition coefficient (Wildman–Crippen LogP) is 0.339. The van der Waals surface area contributed by atoms with Crippen LogP contribution in [0.3, 0.4) is 0 Å². The Morgan fingerprint density at radius 2 is 1.44 bits per heavy atom. The first-order chi connectivity index (χ1) is 11.5. The van der Waals surface area contributed by atoms with Crippen LogP contribution < -0.4 is 29.6 Å². The quantitative estimate of drug-likeness (QED) is 0.319. The first-order valence-corrected chi connectivity index (χ1v) is 8.73. The number of benzene rings is 3. The summed E-state index contributed by atoms with van der Waals surface area (Å²) in [6.07, 6.45) is 0. The van der Waals surface area contributed by atoms with Crippen LogP contribution in [0.1, 0.15) is 0 Å². The molecule has 25 heavy (non-hydrogen) atoms. The third-order valence-electron chi connectivity index (χ3n) is 4.32. The molecule has 4 aromatic rings. The summed E-state index contributed by atoms with van der Waals surface area (Å²) < 4.78 is 34.5. The van der Waals surface area contributed by atoms with Crippen molar-refractivity contribution in [2.24, 2.45) is 0 Å². The van der Waals surface area contributed by atoms with Crippen molar-refractivity contribution in [1.82, 2.24) is 9.97 Å². The third-order valence-corrected chi connectivity index (χ3v) is 5.13. The van der Waals surface area contributed by atoms with E-state index in [4.69, 9.17) is 4.98 Å². The van der Waals surface area contributed by atoms with Gasteiger partial charge in [0.05, 0.1) is 27.3 Å². The van der Waals surface area contributed by atoms with Gasteiger partial charge in [0.2, 0.25) is 0 Å². The summed E-state index contributed by atoms with van der Waals surface area (Å²) in [6, 6.07) is 15.9. The minimum atomic E-state index is -4.55. The van der Waals surface area contributed by atoms with E-state index in [1.54, 1.807) is 6.07 Å². The number of aromatic nitrogens is 2. The zero-order chi connectivity index (χ0) is 16.5. The zero-order valence-corrected chi connectivity index (χ0v) is 16.0. The van der Waals surface area contributed by atoms with E-state index in [9.17, 15) is 13.0 Å². The number of hydrogen-bond donors (Lipinski definition) is 0. The summed E-state index contributed by atoms with van der Waals surface area (Å²) >= 11 is 0. The van der Waals surface area contributed by atoms with Gasteiger partial charge in [-0.2, -0.15) is 0 Å². The van der Waals surface area contributed by atoms with E-state index in [0.29, 0.717) is 16.6 Å². The van der Waals surface area contributed by atoms with E-state index in [2.05, 4.69) is 4.98 Å². The topological polar surface area (TPSA) is 83.0 Å². The minimum Gasteiger partial charge on any atom is -0.744 e. The van der Waals surface area contributed by atoms with Gasteiger partial charge >= 0.3 is 29.6 Å². The normalized spacial score (nSPS) is 12.2. The van der Waals surface area contributed by atoms with Crippen LogP contribution in [0.5, 0.6) is 0 Å². The van der Waals surface area contributed by atoms with E-state index >= 15 is 0 Å². The van der Waals surface area contributed by atoms with Gasteiger partial charge in [-0.05, 0) is 29.7 Å². The summed E-state index contributed by atoms with van der Waals surface area (Å²) in [5.74, 6) is 0. The fourth-order valence-corrected chi connectivity index (χ4v) is 3.84. The van der Waals surface area contributed by atoms with Crippen LogP contribution >= 0.6 is 0 Å². The molecule has 116 valence electrons. The molecule has 0 saturated heterocycles. The van der Waals surface area contributed by atoms with Gasteiger partial charge in [-0.1, -0.05) is 30.3 Å². The van der Waals surface area contributed by atoms with Crippen LogP contribution in [0, 0.1) is 0 Å². The Morgan fingerprint density at radius 1 is 0.800 bits per heavy atom. The van der Waals surface area contributed by atoms with Gasteiger partial charge in [0.25, 0.3) is 0 Å². The van der Waals surface area contributed by atoms with E-state index < -0.39 is 10.1 Å². The average Bonchev–Trinajstić information content (AvgIpc) is 2.87. The monoisotopic (exact) mass is 356 g/mol. The van der Waals surface area contributed by atoms with Crippen molar-refractivity contribution < 1.29 is 42.5 Å². The third kappa shape index (κ3) is 2.41. The second-order valence-electron chi connectivity index (χ2n) is 5.74. The molecule has 0 atom stereocenters. The molecule has 5 nitrogen and oxygen atoms in total. The molecule has 1 aromatic heterocycles. The first-order valence-electron chi connectivity index (χ1n) is 7.32. The Hall–Kier alpha value is -1.83. The number of fused-ring (bicyclic) bond motifs is 4.